The largest absolute Gasteiger partial charge is 0.298 e. The van der Waals surface area contributed by atoms with Crippen LogP contribution in [-0.2, 0) is 10.0 Å². The van der Waals surface area contributed by atoms with E-state index in [1.165, 1.54) is 36.7 Å². The van der Waals surface area contributed by atoms with Crippen LogP contribution in [0.4, 0.5) is 5.82 Å². The molecule has 3 rings (SSSR count). The van der Waals surface area contributed by atoms with Crippen LogP contribution in [0.1, 0.15) is 10.4 Å². The van der Waals surface area contributed by atoms with E-state index in [1.807, 2.05) is 0 Å². The molecule has 0 fully saturated rings. The van der Waals surface area contributed by atoms with E-state index in [1.54, 1.807) is 24.3 Å². The van der Waals surface area contributed by atoms with Gasteiger partial charge in [-0.2, -0.15) is 0 Å². The smallest absolute Gasteiger partial charge is 0.263 e. The Morgan fingerprint density at radius 1 is 0.920 bits per heavy atom. The Hall–Kier alpha value is -2.77. The van der Waals surface area contributed by atoms with Gasteiger partial charge in [-0.25, -0.2) is 13.4 Å². The van der Waals surface area contributed by atoms with E-state index < -0.39 is 10.0 Å². The minimum atomic E-state index is -3.84. The summed E-state index contributed by atoms with van der Waals surface area (Å²) in [6.45, 7) is 0. The Bertz CT molecular complexity index is 1000. The molecule has 126 valence electrons. The van der Waals surface area contributed by atoms with Gasteiger partial charge in [0.05, 0.1) is 4.90 Å². The summed E-state index contributed by atoms with van der Waals surface area (Å²) in [5, 5.41) is 0.439. The third kappa shape index (κ3) is 3.84. The molecule has 6 nitrogen and oxygen atoms in total. The molecule has 1 aromatic heterocycles. The van der Waals surface area contributed by atoms with Crippen LogP contribution in [0, 0.1) is 0 Å². The number of carbonyl (C=O) groups excluding carboxylic acids is 1. The summed E-state index contributed by atoms with van der Waals surface area (Å²) in [4.78, 5) is 19.1. The number of sulfonamides is 1. The van der Waals surface area contributed by atoms with Crippen LogP contribution in [0.2, 0.25) is 5.02 Å². The molecule has 0 saturated carbocycles. The molecule has 2 aromatic carbocycles. The molecule has 3 aromatic rings. The quantitative estimate of drug-likeness (QED) is 0.692. The monoisotopic (exact) mass is 373 g/mol. The van der Waals surface area contributed by atoms with Crippen LogP contribution in [0.25, 0.3) is 11.3 Å². The molecule has 1 heterocycles. The number of aromatic nitrogens is 2. The van der Waals surface area contributed by atoms with Gasteiger partial charge in [0.2, 0.25) is 0 Å². The summed E-state index contributed by atoms with van der Waals surface area (Å²) < 4.78 is 27.5. The molecule has 25 heavy (non-hydrogen) atoms. The van der Waals surface area contributed by atoms with Gasteiger partial charge in [0.25, 0.3) is 10.0 Å². The van der Waals surface area contributed by atoms with Crippen molar-refractivity contribution in [3.63, 3.8) is 0 Å². The molecule has 8 heteroatoms. The summed E-state index contributed by atoms with van der Waals surface area (Å²) >= 11 is 5.79. The maximum absolute atomic E-state index is 12.5. The van der Waals surface area contributed by atoms with Gasteiger partial charge in [-0.3, -0.25) is 14.5 Å². The van der Waals surface area contributed by atoms with Crippen molar-refractivity contribution >= 4 is 33.7 Å². The van der Waals surface area contributed by atoms with Gasteiger partial charge in [0, 0.05) is 28.5 Å². The summed E-state index contributed by atoms with van der Waals surface area (Å²) in [7, 11) is -3.84. The van der Waals surface area contributed by atoms with Crippen LogP contribution in [-0.4, -0.2) is 24.7 Å². The van der Waals surface area contributed by atoms with Crippen LogP contribution in [0.3, 0.4) is 0 Å². The first kappa shape index (κ1) is 17.1. The molecule has 0 spiro atoms. The van der Waals surface area contributed by atoms with Crippen molar-refractivity contribution < 1.29 is 13.2 Å². The predicted molar refractivity (Wildman–Crippen MR) is 95.1 cm³/mol. The molecule has 0 saturated heterocycles. The number of aldehydes is 1. The van der Waals surface area contributed by atoms with Gasteiger partial charge >= 0.3 is 0 Å². The Labute approximate surface area is 149 Å². The van der Waals surface area contributed by atoms with Crippen molar-refractivity contribution in [1.29, 1.82) is 0 Å². The second kappa shape index (κ2) is 7.00. The van der Waals surface area contributed by atoms with E-state index in [0.717, 1.165) is 6.29 Å². The van der Waals surface area contributed by atoms with Crippen LogP contribution < -0.4 is 4.72 Å². The fourth-order valence-electron chi connectivity index (χ4n) is 2.14. The molecular formula is C17H12ClN3O3S. The maximum Gasteiger partial charge on any atom is 0.263 e. The highest BCUT2D eigenvalue weighted by molar-refractivity contribution is 7.92. The molecule has 1 N–H and O–H groups in total. The zero-order valence-electron chi connectivity index (χ0n) is 12.8. The van der Waals surface area contributed by atoms with Gasteiger partial charge < -0.3 is 0 Å². The zero-order chi connectivity index (χ0) is 17.9. The van der Waals surface area contributed by atoms with Crippen molar-refractivity contribution in [1.82, 2.24) is 9.97 Å². The normalized spacial score (nSPS) is 11.1. The highest BCUT2D eigenvalue weighted by Crippen LogP contribution is 2.26. The van der Waals surface area contributed by atoms with E-state index in [2.05, 4.69) is 14.7 Å². The minimum absolute atomic E-state index is 0.0600. The van der Waals surface area contributed by atoms with Crippen molar-refractivity contribution in [2.24, 2.45) is 0 Å². The minimum Gasteiger partial charge on any atom is -0.298 e. The lowest BCUT2D eigenvalue weighted by atomic mass is 10.1. The van der Waals surface area contributed by atoms with E-state index in [0.29, 0.717) is 21.8 Å². The fraction of sp³-hybridized carbons (Fsp3) is 0. The Morgan fingerprint density at radius 2 is 1.56 bits per heavy atom. The predicted octanol–water partition coefficient (Wildman–Crippen LogP) is 3.41. The van der Waals surface area contributed by atoms with E-state index in [-0.39, 0.29) is 10.7 Å². The molecular weight excluding hydrogens is 362 g/mol. The van der Waals surface area contributed by atoms with Crippen molar-refractivity contribution in [2.45, 2.75) is 4.90 Å². The summed E-state index contributed by atoms with van der Waals surface area (Å²) in [6, 6.07) is 12.4. The number of nitrogens with one attached hydrogen (secondary N) is 1. The second-order valence-corrected chi connectivity index (χ2v) is 7.17. The van der Waals surface area contributed by atoms with Gasteiger partial charge in [-0.1, -0.05) is 35.9 Å². The second-order valence-electron chi connectivity index (χ2n) is 5.05. The number of hydrogen-bond acceptors (Lipinski definition) is 5. The molecule has 0 aliphatic carbocycles. The number of halogens is 1. The van der Waals surface area contributed by atoms with Gasteiger partial charge in [0.1, 0.15) is 12.0 Å². The highest BCUT2D eigenvalue weighted by Gasteiger charge is 2.18. The van der Waals surface area contributed by atoms with Crippen LogP contribution >= 0.6 is 11.6 Å². The van der Waals surface area contributed by atoms with Gasteiger partial charge in [-0.05, 0) is 24.3 Å². The number of anilines is 1. The molecule has 0 amide bonds. The molecule has 0 aliphatic heterocycles. The SMILES string of the molecule is O=Cc1ccc(-c2nccnc2NS(=O)(=O)c2ccc(Cl)cc2)cc1. The Morgan fingerprint density at radius 3 is 2.20 bits per heavy atom. The highest BCUT2D eigenvalue weighted by atomic mass is 35.5. The molecule has 0 radical (unpaired) electrons. The van der Waals surface area contributed by atoms with Crippen LogP contribution in [0.5, 0.6) is 0 Å². The van der Waals surface area contributed by atoms with E-state index in [4.69, 9.17) is 11.6 Å². The van der Waals surface area contributed by atoms with Crippen molar-refractivity contribution in [3.8, 4) is 11.3 Å². The number of benzene rings is 2. The van der Waals surface area contributed by atoms with E-state index in [9.17, 15) is 13.2 Å². The first-order chi connectivity index (χ1) is 12.0. The summed E-state index contributed by atoms with van der Waals surface area (Å²) in [6.07, 6.45) is 3.58. The molecule has 0 aliphatic rings. The first-order valence-electron chi connectivity index (χ1n) is 7.14. The topological polar surface area (TPSA) is 89.0 Å². The number of rotatable bonds is 5. The molecule has 0 atom stereocenters. The lowest BCUT2D eigenvalue weighted by molar-refractivity contribution is 0.112. The Kier molecular flexibility index (Phi) is 4.78. The lowest BCUT2D eigenvalue weighted by Gasteiger charge is -2.11. The number of carbonyl (C=O) groups is 1. The maximum atomic E-state index is 12.5. The first-order valence-corrected chi connectivity index (χ1v) is 9.01. The standard InChI is InChI=1S/C17H12ClN3O3S/c18-14-5-7-15(8-6-14)25(23,24)21-17-16(19-9-10-20-17)13-3-1-12(11-22)2-4-13/h1-11H,(H,20,21). The number of nitrogens with zero attached hydrogens (tertiary/aromatic N) is 2. The third-order valence-corrected chi connectivity index (χ3v) is 4.98. The molecule has 0 unspecified atom stereocenters. The van der Waals surface area contributed by atoms with Gasteiger partial charge in [-0.15, -0.1) is 0 Å². The van der Waals surface area contributed by atoms with Crippen molar-refractivity contribution in [3.05, 3.63) is 71.5 Å². The van der Waals surface area contributed by atoms with Crippen molar-refractivity contribution in [2.75, 3.05) is 4.72 Å². The lowest BCUT2D eigenvalue weighted by Crippen LogP contribution is -2.15. The fourth-order valence-corrected chi connectivity index (χ4v) is 3.29. The zero-order valence-corrected chi connectivity index (χ0v) is 14.3. The Balaban J connectivity index is 1.98. The van der Waals surface area contributed by atoms with Crippen LogP contribution in [0.15, 0.2) is 65.8 Å². The third-order valence-electron chi connectivity index (χ3n) is 3.37. The molecule has 0 bridgehead atoms. The summed E-state index contributed by atoms with van der Waals surface area (Å²) in [5.41, 5.74) is 1.50. The van der Waals surface area contributed by atoms with Gasteiger partial charge in [0.15, 0.2) is 5.82 Å². The summed E-state index contributed by atoms with van der Waals surface area (Å²) in [5.74, 6) is 0.0938. The number of hydrogen-bond donors (Lipinski definition) is 1. The average molecular weight is 374 g/mol. The average Bonchev–Trinajstić information content (AvgIpc) is 2.62. The van der Waals surface area contributed by atoms with E-state index >= 15 is 0 Å².